The maximum atomic E-state index is 3.55. The molecule has 2 nitrogen and oxygen atoms in total. The van der Waals surface area contributed by atoms with Crippen LogP contribution in [0.1, 0.15) is 19.4 Å². The summed E-state index contributed by atoms with van der Waals surface area (Å²) in [5.41, 5.74) is 2.67. The van der Waals surface area contributed by atoms with Crippen LogP contribution in [0.4, 0.5) is 5.69 Å². The maximum Gasteiger partial charge on any atom is 0.0410 e. The molecule has 0 saturated carbocycles. The Hall–Kier alpha value is -0.190. The van der Waals surface area contributed by atoms with Crippen LogP contribution in [0.5, 0.6) is 0 Å². The molecule has 0 aliphatic rings. The number of hydrogen-bond donors (Lipinski definition) is 1. The van der Waals surface area contributed by atoms with E-state index in [1.807, 2.05) is 11.8 Å². The van der Waals surface area contributed by atoms with Gasteiger partial charge in [0.2, 0.25) is 0 Å². The first-order valence-electron chi connectivity index (χ1n) is 6.26. The first kappa shape index (κ1) is 15.9. The number of benzene rings is 1. The summed E-state index contributed by atoms with van der Waals surface area (Å²) in [4.78, 5) is 2.33. The maximum absolute atomic E-state index is 3.55. The third-order valence-corrected chi connectivity index (χ3v) is 3.87. The molecule has 1 aromatic carbocycles. The number of nitrogens with zero attached hydrogens (tertiary/aromatic N) is 1. The Kier molecular flexibility index (Phi) is 7.12. The van der Waals surface area contributed by atoms with Crippen molar-refractivity contribution in [2.24, 2.45) is 0 Å². The zero-order valence-corrected chi connectivity index (χ0v) is 14.1. The van der Waals surface area contributed by atoms with Crippen LogP contribution < -0.4 is 10.2 Å². The van der Waals surface area contributed by atoms with E-state index in [-0.39, 0.29) is 0 Å². The van der Waals surface area contributed by atoms with Gasteiger partial charge in [-0.2, -0.15) is 11.8 Å². The summed E-state index contributed by atoms with van der Waals surface area (Å²) in [6.45, 7) is 6.34. The van der Waals surface area contributed by atoms with E-state index in [9.17, 15) is 0 Å². The Labute approximate surface area is 124 Å². The third kappa shape index (κ3) is 5.21. The highest BCUT2D eigenvalue weighted by atomic mass is 79.9. The van der Waals surface area contributed by atoms with E-state index in [1.54, 1.807) is 0 Å². The highest BCUT2D eigenvalue weighted by Crippen LogP contribution is 2.24. The van der Waals surface area contributed by atoms with E-state index in [2.05, 4.69) is 71.5 Å². The second-order valence-corrected chi connectivity index (χ2v) is 6.62. The van der Waals surface area contributed by atoms with E-state index in [0.29, 0.717) is 6.04 Å². The molecule has 0 heterocycles. The van der Waals surface area contributed by atoms with Gasteiger partial charge in [-0.15, -0.1) is 0 Å². The highest BCUT2D eigenvalue weighted by Gasteiger charge is 2.08. The smallest absolute Gasteiger partial charge is 0.0410 e. The molecule has 1 rings (SSSR count). The van der Waals surface area contributed by atoms with Gasteiger partial charge < -0.3 is 10.2 Å². The molecule has 102 valence electrons. The largest absolute Gasteiger partial charge is 0.374 e. The molecule has 0 fully saturated rings. The molecule has 0 amide bonds. The summed E-state index contributed by atoms with van der Waals surface area (Å²) in [6, 6.07) is 7.03. The second kappa shape index (κ2) is 8.08. The first-order chi connectivity index (χ1) is 8.54. The van der Waals surface area contributed by atoms with Gasteiger partial charge in [-0.25, -0.2) is 0 Å². The lowest BCUT2D eigenvalue weighted by atomic mass is 10.1. The van der Waals surface area contributed by atoms with Gasteiger partial charge in [0.25, 0.3) is 0 Å². The molecule has 0 aromatic heterocycles. The van der Waals surface area contributed by atoms with Gasteiger partial charge in [-0.1, -0.05) is 29.8 Å². The first-order valence-corrected chi connectivity index (χ1v) is 8.45. The number of nitrogens with one attached hydrogen (secondary N) is 1. The van der Waals surface area contributed by atoms with Crippen LogP contribution in [0, 0.1) is 0 Å². The summed E-state index contributed by atoms with van der Waals surface area (Å²) in [7, 11) is 2.17. The van der Waals surface area contributed by atoms with Crippen LogP contribution in [0.2, 0.25) is 0 Å². The molecule has 1 aromatic rings. The molecule has 0 aliphatic heterocycles. The van der Waals surface area contributed by atoms with Gasteiger partial charge >= 0.3 is 0 Å². The minimum Gasteiger partial charge on any atom is -0.374 e. The van der Waals surface area contributed by atoms with Gasteiger partial charge in [0.15, 0.2) is 0 Å². The Bertz CT molecular complexity index is 369. The molecular weight excluding hydrogens is 308 g/mol. The molecule has 4 heteroatoms. The molecule has 0 atom stereocenters. The summed E-state index contributed by atoms with van der Waals surface area (Å²) in [5.74, 6) is 1.16. The second-order valence-electron chi connectivity index (χ2n) is 4.72. The molecule has 0 unspecified atom stereocenters. The van der Waals surface area contributed by atoms with Crippen LogP contribution in [-0.2, 0) is 6.54 Å². The highest BCUT2D eigenvalue weighted by molar-refractivity contribution is 9.10. The van der Waals surface area contributed by atoms with Crippen molar-refractivity contribution in [3.63, 3.8) is 0 Å². The lowest BCUT2D eigenvalue weighted by molar-refractivity contribution is 0.588. The summed E-state index contributed by atoms with van der Waals surface area (Å²) < 4.78 is 1.14. The lowest BCUT2D eigenvalue weighted by Gasteiger charge is -2.23. The fourth-order valence-electron chi connectivity index (χ4n) is 1.73. The standard InChI is InChI=1S/C14H23BrN2S/c1-11(2)16-10-12-9-13(15)5-6-14(12)17(3)7-8-18-4/h5-6,9,11,16H,7-8,10H2,1-4H3. The SMILES string of the molecule is CSCCN(C)c1ccc(Br)cc1CNC(C)C. The minimum atomic E-state index is 0.508. The van der Waals surface area contributed by atoms with Crippen LogP contribution in [0.3, 0.4) is 0 Å². The number of halogens is 1. The number of anilines is 1. The van der Waals surface area contributed by atoms with Crippen LogP contribution in [0.15, 0.2) is 22.7 Å². The minimum absolute atomic E-state index is 0.508. The lowest BCUT2D eigenvalue weighted by Crippen LogP contribution is -2.26. The van der Waals surface area contributed by atoms with Crippen molar-refractivity contribution in [3.05, 3.63) is 28.2 Å². The Morgan fingerprint density at radius 3 is 2.72 bits per heavy atom. The molecule has 18 heavy (non-hydrogen) atoms. The average molecular weight is 331 g/mol. The number of thioether (sulfide) groups is 1. The molecule has 0 spiro atoms. The predicted octanol–water partition coefficient (Wildman–Crippen LogP) is 3.75. The monoisotopic (exact) mass is 330 g/mol. The van der Waals surface area contributed by atoms with Crippen molar-refractivity contribution in [3.8, 4) is 0 Å². The van der Waals surface area contributed by atoms with E-state index < -0.39 is 0 Å². The zero-order valence-electron chi connectivity index (χ0n) is 11.7. The van der Waals surface area contributed by atoms with Crippen molar-refractivity contribution in [2.75, 3.05) is 30.5 Å². The summed E-state index contributed by atoms with van der Waals surface area (Å²) >= 11 is 5.44. The van der Waals surface area contributed by atoms with Crippen molar-refractivity contribution in [2.45, 2.75) is 26.4 Å². The quantitative estimate of drug-likeness (QED) is 0.819. The fourth-order valence-corrected chi connectivity index (χ4v) is 2.60. The number of hydrogen-bond acceptors (Lipinski definition) is 3. The molecule has 0 radical (unpaired) electrons. The van der Waals surface area contributed by atoms with E-state index >= 15 is 0 Å². The predicted molar refractivity (Wildman–Crippen MR) is 87.8 cm³/mol. The molecule has 1 N–H and O–H groups in total. The van der Waals surface area contributed by atoms with Gasteiger partial charge in [0.05, 0.1) is 0 Å². The third-order valence-electron chi connectivity index (χ3n) is 2.78. The van der Waals surface area contributed by atoms with Gasteiger partial charge in [0, 0.05) is 42.1 Å². The normalized spacial score (nSPS) is 11.0. The van der Waals surface area contributed by atoms with Crippen LogP contribution >= 0.6 is 27.7 Å². The van der Waals surface area contributed by atoms with Crippen LogP contribution in [0.25, 0.3) is 0 Å². The van der Waals surface area contributed by atoms with Crippen molar-refractivity contribution >= 4 is 33.4 Å². The van der Waals surface area contributed by atoms with Crippen molar-refractivity contribution in [1.82, 2.24) is 5.32 Å². The van der Waals surface area contributed by atoms with Gasteiger partial charge in [-0.05, 0) is 30.0 Å². The van der Waals surface area contributed by atoms with Crippen LogP contribution in [-0.4, -0.2) is 31.6 Å². The van der Waals surface area contributed by atoms with Gasteiger partial charge in [-0.3, -0.25) is 0 Å². The summed E-state index contributed by atoms with van der Waals surface area (Å²) in [6.07, 6.45) is 2.15. The molecular formula is C14H23BrN2S. The fraction of sp³-hybridized carbons (Fsp3) is 0.571. The average Bonchev–Trinajstić information content (AvgIpc) is 2.33. The summed E-state index contributed by atoms with van der Waals surface area (Å²) in [5, 5.41) is 3.49. The topological polar surface area (TPSA) is 15.3 Å². The van der Waals surface area contributed by atoms with E-state index in [0.717, 1.165) is 23.3 Å². The van der Waals surface area contributed by atoms with E-state index in [1.165, 1.54) is 11.3 Å². The molecule has 0 bridgehead atoms. The van der Waals surface area contributed by atoms with E-state index in [4.69, 9.17) is 0 Å². The molecule has 0 aliphatic carbocycles. The Morgan fingerprint density at radius 1 is 1.39 bits per heavy atom. The van der Waals surface area contributed by atoms with Crippen molar-refractivity contribution in [1.29, 1.82) is 0 Å². The Morgan fingerprint density at radius 2 is 2.11 bits per heavy atom. The van der Waals surface area contributed by atoms with Gasteiger partial charge in [0.1, 0.15) is 0 Å². The number of rotatable bonds is 7. The van der Waals surface area contributed by atoms with Crippen molar-refractivity contribution < 1.29 is 0 Å². The molecule has 0 saturated heterocycles. The Balaban J connectivity index is 2.81. The zero-order chi connectivity index (χ0) is 13.5.